The number of anilines is 1. The molecule has 0 aliphatic heterocycles. The van der Waals surface area contributed by atoms with E-state index in [1.54, 1.807) is 0 Å². The molecule has 2 aromatic carbocycles. The molecule has 1 heterocycles. The molecule has 1 atom stereocenters. The zero-order chi connectivity index (χ0) is 22.8. The maximum absolute atomic E-state index is 12.7. The third kappa shape index (κ3) is 4.39. The Kier molecular flexibility index (Phi) is 5.77. The van der Waals surface area contributed by atoms with Crippen LogP contribution in [0.5, 0.6) is 0 Å². The van der Waals surface area contributed by atoms with E-state index in [2.05, 4.69) is 53.4 Å². The Morgan fingerprint density at radius 1 is 1.09 bits per heavy atom. The van der Waals surface area contributed by atoms with Gasteiger partial charge in [0.1, 0.15) is 0 Å². The number of nitrogens with one attached hydrogen (secondary N) is 1. The summed E-state index contributed by atoms with van der Waals surface area (Å²) in [5.41, 5.74) is 3.56. The quantitative estimate of drug-likeness (QED) is 0.464. The SMILES string of the molecule is CC(C)c1ccc([C@H]2CC(=O)c3cnc(NC(=O)c4ccc([N+](=O)[O-])cc4)nc3C2)cc1. The summed E-state index contributed by atoms with van der Waals surface area (Å²) >= 11 is 0. The zero-order valence-corrected chi connectivity index (χ0v) is 17.7. The second kappa shape index (κ2) is 8.66. The highest BCUT2D eigenvalue weighted by molar-refractivity contribution is 6.03. The van der Waals surface area contributed by atoms with E-state index in [0.29, 0.717) is 30.0 Å². The van der Waals surface area contributed by atoms with Crippen molar-refractivity contribution in [2.75, 3.05) is 5.32 Å². The van der Waals surface area contributed by atoms with Gasteiger partial charge in [-0.05, 0) is 41.5 Å². The minimum absolute atomic E-state index is 0.0163. The van der Waals surface area contributed by atoms with Crippen LogP contribution >= 0.6 is 0 Å². The fraction of sp³-hybridized carbons (Fsp3) is 0.250. The largest absolute Gasteiger partial charge is 0.294 e. The van der Waals surface area contributed by atoms with E-state index in [4.69, 9.17) is 0 Å². The molecule has 8 nitrogen and oxygen atoms in total. The lowest BCUT2D eigenvalue weighted by atomic mass is 9.81. The summed E-state index contributed by atoms with van der Waals surface area (Å²) in [6.07, 6.45) is 2.42. The summed E-state index contributed by atoms with van der Waals surface area (Å²) < 4.78 is 0. The van der Waals surface area contributed by atoms with Gasteiger partial charge in [0.15, 0.2) is 5.78 Å². The smallest absolute Gasteiger partial charge is 0.269 e. The van der Waals surface area contributed by atoms with Crippen molar-refractivity contribution in [3.8, 4) is 0 Å². The fourth-order valence-electron chi connectivity index (χ4n) is 3.80. The highest BCUT2D eigenvalue weighted by Gasteiger charge is 2.28. The lowest BCUT2D eigenvalue weighted by Crippen LogP contribution is -2.22. The maximum atomic E-state index is 12.7. The molecule has 0 fully saturated rings. The van der Waals surface area contributed by atoms with E-state index < -0.39 is 10.8 Å². The number of carbonyl (C=O) groups is 2. The molecule has 3 aromatic rings. The van der Waals surface area contributed by atoms with Crippen LogP contribution in [-0.4, -0.2) is 26.6 Å². The van der Waals surface area contributed by atoms with Crippen LogP contribution in [0.1, 0.15) is 69.6 Å². The normalized spacial score (nSPS) is 15.3. The van der Waals surface area contributed by atoms with Gasteiger partial charge in [0.2, 0.25) is 5.95 Å². The number of carbonyl (C=O) groups excluding carboxylic acids is 2. The number of aromatic nitrogens is 2. The minimum Gasteiger partial charge on any atom is -0.294 e. The molecule has 1 aliphatic carbocycles. The predicted octanol–water partition coefficient (Wildman–Crippen LogP) is 4.67. The standard InChI is InChI=1S/C24H22N4O4/c1-14(2)15-3-5-16(6-4-15)18-11-21-20(22(29)12-18)13-25-24(26-21)27-23(30)17-7-9-19(10-8-17)28(31)32/h3-10,13-14,18H,11-12H2,1-2H3,(H,25,26,27,30)/t18-/m1/s1. The monoisotopic (exact) mass is 430 g/mol. The number of rotatable bonds is 5. The Balaban J connectivity index is 1.52. The van der Waals surface area contributed by atoms with Gasteiger partial charge in [0, 0.05) is 30.3 Å². The van der Waals surface area contributed by atoms with Crippen LogP contribution in [-0.2, 0) is 6.42 Å². The van der Waals surface area contributed by atoms with Crippen LogP contribution in [0, 0.1) is 10.1 Å². The van der Waals surface area contributed by atoms with E-state index in [1.165, 1.54) is 36.0 Å². The molecule has 1 aromatic heterocycles. The molecule has 1 N–H and O–H groups in total. The number of amides is 1. The molecular formula is C24H22N4O4. The van der Waals surface area contributed by atoms with Crippen molar-refractivity contribution in [1.29, 1.82) is 0 Å². The lowest BCUT2D eigenvalue weighted by Gasteiger charge is -2.23. The van der Waals surface area contributed by atoms with E-state index in [0.717, 1.165) is 5.56 Å². The van der Waals surface area contributed by atoms with Crippen LogP contribution in [0.2, 0.25) is 0 Å². The lowest BCUT2D eigenvalue weighted by molar-refractivity contribution is -0.384. The van der Waals surface area contributed by atoms with Crippen molar-refractivity contribution < 1.29 is 14.5 Å². The molecule has 8 heteroatoms. The molecule has 4 rings (SSSR count). The molecule has 1 aliphatic rings. The topological polar surface area (TPSA) is 115 Å². The van der Waals surface area contributed by atoms with Crippen molar-refractivity contribution in [2.24, 2.45) is 0 Å². The van der Waals surface area contributed by atoms with Crippen LogP contribution < -0.4 is 5.32 Å². The first-order valence-electron chi connectivity index (χ1n) is 10.4. The summed E-state index contributed by atoms with van der Waals surface area (Å²) in [5.74, 6) is 0.0488. The fourth-order valence-corrected chi connectivity index (χ4v) is 3.80. The Hall–Kier alpha value is -3.94. The van der Waals surface area contributed by atoms with E-state index in [-0.39, 0.29) is 28.9 Å². The number of ketones is 1. The van der Waals surface area contributed by atoms with Crippen LogP contribution in [0.25, 0.3) is 0 Å². The first-order chi connectivity index (χ1) is 15.3. The number of fused-ring (bicyclic) bond motifs is 1. The van der Waals surface area contributed by atoms with Gasteiger partial charge in [-0.2, -0.15) is 0 Å². The first-order valence-corrected chi connectivity index (χ1v) is 10.4. The highest BCUT2D eigenvalue weighted by Crippen LogP contribution is 2.32. The third-order valence-corrected chi connectivity index (χ3v) is 5.68. The van der Waals surface area contributed by atoms with Gasteiger partial charge in [-0.15, -0.1) is 0 Å². The number of benzene rings is 2. The first kappa shape index (κ1) is 21.3. The highest BCUT2D eigenvalue weighted by atomic mass is 16.6. The van der Waals surface area contributed by atoms with Crippen LogP contribution in [0.15, 0.2) is 54.7 Å². The molecule has 0 spiro atoms. The van der Waals surface area contributed by atoms with Gasteiger partial charge >= 0.3 is 0 Å². The number of non-ortho nitro benzene ring substituents is 1. The minimum atomic E-state index is -0.530. The van der Waals surface area contributed by atoms with Crippen molar-refractivity contribution >= 4 is 23.3 Å². The second-order valence-electron chi connectivity index (χ2n) is 8.16. The molecule has 0 saturated heterocycles. The number of Topliss-reactive ketones (excluding diaryl/α,β-unsaturated/α-hetero) is 1. The summed E-state index contributed by atoms with van der Waals surface area (Å²) in [6.45, 7) is 4.28. The van der Waals surface area contributed by atoms with E-state index >= 15 is 0 Å². The molecule has 32 heavy (non-hydrogen) atoms. The number of nitro groups is 1. The van der Waals surface area contributed by atoms with Crippen molar-refractivity contribution in [2.45, 2.75) is 38.5 Å². The van der Waals surface area contributed by atoms with Crippen molar-refractivity contribution in [3.05, 3.63) is 92.8 Å². The molecule has 0 unspecified atom stereocenters. The van der Waals surface area contributed by atoms with Crippen molar-refractivity contribution in [1.82, 2.24) is 9.97 Å². The second-order valence-corrected chi connectivity index (χ2v) is 8.16. The number of nitrogens with zero attached hydrogens (tertiary/aromatic N) is 3. The third-order valence-electron chi connectivity index (χ3n) is 5.68. The number of hydrogen-bond acceptors (Lipinski definition) is 6. The predicted molar refractivity (Wildman–Crippen MR) is 119 cm³/mol. The summed E-state index contributed by atoms with van der Waals surface area (Å²) in [7, 11) is 0. The molecule has 0 radical (unpaired) electrons. The Morgan fingerprint density at radius 2 is 1.78 bits per heavy atom. The van der Waals surface area contributed by atoms with Gasteiger partial charge in [0.05, 0.1) is 16.2 Å². The zero-order valence-electron chi connectivity index (χ0n) is 17.7. The summed E-state index contributed by atoms with van der Waals surface area (Å²) in [4.78, 5) is 43.9. The Morgan fingerprint density at radius 3 is 2.41 bits per heavy atom. The average molecular weight is 430 g/mol. The number of nitro benzene ring substituents is 1. The molecule has 0 saturated carbocycles. The van der Waals surface area contributed by atoms with Crippen LogP contribution in [0.4, 0.5) is 11.6 Å². The van der Waals surface area contributed by atoms with E-state index in [9.17, 15) is 19.7 Å². The van der Waals surface area contributed by atoms with Crippen LogP contribution in [0.3, 0.4) is 0 Å². The van der Waals surface area contributed by atoms with Gasteiger partial charge in [-0.3, -0.25) is 25.0 Å². The average Bonchev–Trinajstić information content (AvgIpc) is 2.79. The maximum Gasteiger partial charge on any atom is 0.269 e. The van der Waals surface area contributed by atoms with Gasteiger partial charge < -0.3 is 0 Å². The van der Waals surface area contributed by atoms with E-state index in [1.807, 2.05) is 0 Å². The number of hydrogen-bond donors (Lipinski definition) is 1. The molecule has 0 bridgehead atoms. The molecular weight excluding hydrogens is 408 g/mol. The molecule has 162 valence electrons. The summed E-state index contributed by atoms with van der Waals surface area (Å²) in [5, 5.41) is 13.4. The van der Waals surface area contributed by atoms with Gasteiger partial charge in [-0.1, -0.05) is 38.1 Å². The van der Waals surface area contributed by atoms with Gasteiger partial charge in [-0.25, -0.2) is 9.97 Å². The summed E-state index contributed by atoms with van der Waals surface area (Å²) in [6, 6.07) is 13.6. The van der Waals surface area contributed by atoms with Gasteiger partial charge in [0.25, 0.3) is 11.6 Å². The Bertz CT molecular complexity index is 1190. The Labute approximate surface area is 184 Å². The van der Waals surface area contributed by atoms with Crippen molar-refractivity contribution in [3.63, 3.8) is 0 Å². The molecule has 1 amide bonds.